The van der Waals surface area contributed by atoms with E-state index >= 15 is 0 Å². The maximum atomic E-state index is 11.9. The first-order valence-corrected chi connectivity index (χ1v) is 4.38. The largest absolute Gasteiger partial charge is 0.313 e. The fourth-order valence-corrected chi connectivity index (χ4v) is 1.60. The maximum Gasteiger partial charge on any atom is 0.251 e. The Kier molecular flexibility index (Phi) is 3.88. The van der Waals surface area contributed by atoms with Crippen molar-refractivity contribution in [3.8, 4) is 0 Å². The van der Waals surface area contributed by atoms with Gasteiger partial charge in [0, 0.05) is 12.6 Å². The number of alkyl halides is 2. The molecule has 12 heavy (non-hydrogen) atoms. The first-order chi connectivity index (χ1) is 5.68. The van der Waals surface area contributed by atoms with Crippen molar-refractivity contribution in [2.75, 3.05) is 26.7 Å². The second-order valence-electron chi connectivity index (χ2n) is 3.41. The number of likely N-dealkylation sites (N-methyl/N-ethyl adjacent to an activating group) is 1. The molecule has 0 saturated carbocycles. The Morgan fingerprint density at radius 1 is 1.58 bits per heavy atom. The Labute approximate surface area is 71.9 Å². The Hall–Kier alpha value is -0.220. The minimum Gasteiger partial charge on any atom is -0.313 e. The smallest absolute Gasteiger partial charge is 0.251 e. The van der Waals surface area contributed by atoms with Gasteiger partial charge >= 0.3 is 0 Å². The summed E-state index contributed by atoms with van der Waals surface area (Å²) in [4.78, 5) is 1.69. The maximum absolute atomic E-state index is 11.9. The second kappa shape index (κ2) is 4.72. The first kappa shape index (κ1) is 9.86. The van der Waals surface area contributed by atoms with Crippen molar-refractivity contribution in [2.45, 2.75) is 25.3 Å². The van der Waals surface area contributed by atoms with Crippen LogP contribution in [0.1, 0.15) is 12.8 Å². The van der Waals surface area contributed by atoms with Crippen molar-refractivity contribution in [1.29, 1.82) is 0 Å². The highest BCUT2D eigenvalue weighted by Crippen LogP contribution is 2.06. The number of nitrogens with zero attached hydrogens (tertiary/aromatic N) is 1. The molecule has 1 unspecified atom stereocenters. The van der Waals surface area contributed by atoms with Gasteiger partial charge in [-0.3, -0.25) is 4.90 Å². The zero-order chi connectivity index (χ0) is 8.97. The highest BCUT2D eigenvalue weighted by molar-refractivity contribution is 4.76. The summed E-state index contributed by atoms with van der Waals surface area (Å²) in [6.07, 6.45) is 0.0808. The van der Waals surface area contributed by atoms with Crippen LogP contribution in [0.3, 0.4) is 0 Å². The third-order valence-corrected chi connectivity index (χ3v) is 2.14. The monoisotopic (exact) mass is 178 g/mol. The van der Waals surface area contributed by atoms with Gasteiger partial charge in [0.05, 0.1) is 6.54 Å². The molecule has 0 spiro atoms. The Morgan fingerprint density at radius 2 is 2.33 bits per heavy atom. The Morgan fingerprint density at radius 3 is 2.83 bits per heavy atom. The molecule has 0 radical (unpaired) electrons. The number of hydrogen-bond donors (Lipinski definition) is 1. The van der Waals surface area contributed by atoms with Crippen LogP contribution in [-0.4, -0.2) is 44.0 Å². The summed E-state index contributed by atoms with van der Waals surface area (Å²) in [7, 11) is 1.74. The summed E-state index contributed by atoms with van der Waals surface area (Å²) in [6, 6.07) is 0.425. The summed E-state index contributed by atoms with van der Waals surface area (Å²) in [5, 5.41) is 3.27. The molecule has 1 rings (SSSR count). The van der Waals surface area contributed by atoms with Crippen LogP contribution in [-0.2, 0) is 0 Å². The van der Waals surface area contributed by atoms with E-state index in [0.717, 1.165) is 19.5 Å². The van der Waals surface area contributed by atoms with E-state index in [1.54, 1.807) is 11.9 Å². The SMILES string of the molecule is CN(CC(F)F)CC1CCCN1. The Bertz CT molecular complexity index is 124. The molecular weight excluding hydrogens is 162 g/mol. The van der Waals surface area contributed by atoms with Crippen LogP contribution in [0.2, 0.25) is 0 Å². The molecule has 1 atom stereocenters. The standard InChI is InChI=1S/C8H16F2N2/c1-12(6-8(9)10)5-7-3-2-4-11-7/h7-8,11H,2-6H2,1H3. The molecule has 1 fully saturated rings. The molecule has 0 bridgehead atoms. The molecule has 1 N–H and O–H groups in total. The predicted molar refractivity (Wildman–Crippen MR) is 44.5 cm³/mol. The predicted octanol–water partition coefficient (Wildman–Crippen LogP) is 0.935. The highest BCUT2D eigenvalue weighted by atomic mass is 19.3. The van der Waals surface area contributed by atoms with Gasteiger partial charge in [0.1, 0.15) is 0 Å². The topological polar surface area (TPSA) is 15.3 Å². The zero-order valence-corrected chi connectivity index (χ0v) is 7.39. The lowest BCUT2D eigenvalue weighted by atomic mass is 10.2. The quantitative estimate of drug-likeness (QED) is 0.689. The van der Waals surface area contributed by atoms with Crippen molar-refractivity contribution in [3.05, 3.63) is 0 Å². The average molecular weight is 178 g/mol. The van der Waals surface area contributed by atoms with Crippen molar-refractivity contribution >= 4 is 0 Å². The lowest BCUT2D eigenvalue weighted by Crippen LogP contribution is -2.37. The summed E-state index contributed by atoms with van der Waals surface area (Å²) >= 11 is 0. The highest BCUT2D eigenvalue weighted by Gasteiger charge is 2.17. The zero-order valence-electron chi connectivity index (χ0n) is 7.39. The molecule has 0 amide bonds. The lowest BCUT2D eigenvalue weighted by molar-refractivity contribution is 0.0969. The van der Waals surface area contributed by atoms with Crippen LogP contribution in [0.25, 0.3) is 0 Å². The molecule has 2 nitrogen and oxygen atoms in total. The molecule has 0 aromatic carbocycles. The molecular formula is C8H16F2N2. The van der Waals surface area contributed by atoms with E-state index < -0.39 is 6.43 Å². The van der Waals surface area contributed by atoms with Gasteiger partial charge in [0.25, 0.3) is 6.43 Å². The van der Waals surface area contributed by atoms with Crippen molar-refractivity contribution in [1.82, 2.24) is 10.2 Å². The van der Waals surface area contributed by atoms with Crippen LogP contribution in [0.4, 0.5) is 8.78 Å². The van der Waals surface area contributed by atoms with E-state index in [1.165, 1.54) is 6.42 Å². The molecule has 0 aliphatic carbocycles. The van der Waals surface area contributed by atoms with Gasteiger partial charge < -0.3 is 5.32 Å². The number of rotatable bonds is 4. The van der Waals surface area contributed by atoms with E-state index in [9.17, 15) is 8.78 Å². The van der Waals surface area contributed by atoms with Gasteiger partial charge in [-0.1, -0.05) is 0 Å². The number of nitrogens with one attached hydrogen (secondary N) is 1. The molecule has 72 valence electrons. The second-order valence-corrected chi connectivity index (χ2v) is 3.41. The normalized spacial score (nSPS) is 24.2. The third kappa shape index (κ3) is 3.45. The number of halogens is 2. The molecule has 1 saturated heterocycles. The molecule has 0 aromatic heterocycles. The van der Waals surface area contributed by atoms with E-state index in [-0.39, 0.29) is 6.54 Å². The summed E-state index contributed by atoms with van der Waals surface area (Å²) in [5.74, 6) is 0. The summed E-state index contributed by atoms with van der Waals surface area (Å²) < 4.78 is 23.8. The fourth-order valence-electron chi connectivity index (χ4n) is 1.60. The molecule has 0 aromatic rings. The van der Waals surface area contributed by atoms with Crippen LogP contribution in [0.5, 0.6) is 0 Å². The minimum atomic E-state index is -2.21. The van der Waals surface area contributed by atoms with Gasteiger partial charge in [0.2, 0.25) is 0 Å². The van der Waals surface area contributed by atoms with Crippen molar-refractivity contribution in [3.63, 3.8) is 0 Å². The van der Waals surface area contributed by atoms with Gasteiger partial charge in [-0.15, -0.1) is 0 Å². The van der Waals surface area contributed by atoms with Crippen LogP contribution < -0.4 is 5.32 Å². The lowest BCUT2D eigenvalue weighted by Gasteiger charge is -2.20. The van der Waals surface area contributed by atoms with Gasteiger partial charge in [-0.2, -0.15) is 0 Å². The molecule has 1 aliphatic heterocycles. The summed E-state index contributed by atoms with van der Waals surface area (Å²) in [5.41, 5.74) is 0. The van der Waals surface area contributed by atoms with Crippen LogP contribution in [0, 0.1) is 0 Å². The average Bonchev–Trinajstić information content (AvgIpc) is 2.37. The molecule has 1 aliphatic rings. The fraction of sp³-hybridized carbons (Fsp3) is 1.00. The van der Waals surface area contributed by atoms with Gasteiger partial charge in [-0.25, -0.2) is 8.78 Å². The molecule has 4 heteroatoms. The van der Waals surface area contributed by atoms with Crippen molar-refractivity contribution in [2.24, 2.45) is 0 Å². The van der Waals surface area contributed by atoms with Gasteiger partial charge in [-0.05, 0) is 26.4 Å². The van der Waals surface area contributed by atoms with Crippen LogP contribution in [0.15, 0.2) is 0 Å². The van der Waals surface area contributed by atoms with Crippen molar-refractivity contribution < 1.29 is 8.78 Å². The minimum absolute atomic E-state index is 0.113. The Balaban J connectivity index is 2.11. The summed E-state index contributed by atoms with van der Waals surface area (Å²) in [6.45, 7) is 1.66. The number of hydrogen-bond acceptors (Lipinski definition) is 2. The van der Waals surface area contributed by atoms with Crippen LogP contribution >= 0.6 is 0 Å². The third-order valence-electron chi connectivity index (χ3n) is 2.14. The van der Waals surface area contributed by atoms with E-state index in [1.807, 2.05) is 0 Å². The van der Waals surface area contributed by atoms with Gasteiger partial charge in [0.15, 0.2) is 0 Å². The van der Waals surface area contributed by atoms with E-state index in [4.69, 9.17) is 0 Å². The van der Waals surface area contributed by atoms with E-state index in [2.05, 4.69) is 5.32 Å². The first-order valence-electron chi connectivity index (χ1n) is 4.38. The molecule has 1 heterocycles. The van der Waals surface area contributed by atoms with E-state index in [0.29, 0.717) is 6.04 Å².